The van der Waals surface area contributed by atoms with Gasteiger partial charge in [-0.05, 0) is 44.0 Å². The molecule has 1 aliphatic carbocycles. The standard InChI is InChI=1S/C27H23F5N4O2.CH3F/c1-16(37)14-38-15-19-13-23(34-18-6-4-5-17(8-9-18)25(28)29)20-10-11-22(36-26(20)35-19)24-21(27(30,31)32)7-2-3-12-33-24;1-2/h3,5-13,25H,2,4,14-15H2,1H3,(H,34,35,36);1H3. The fraction of sp³-hybridized carbons (Fsp3) is 0.286. The van der Waals surface area contributed by atoms with E-state index < -0.39 is 18.2 Å². The third kappa shape index (κ3) is 7.98. The van der Waals surface area contributed by atoms with Gasteiger partial charge in [-0.25, -0.2) is 18.7 Å². The van der Waals surface area contributed by atoms with E-state index in [9.17, 15) is 31.1 Å². The van der Waals surface area contributed by atoms with Crippen LogP contribution in [0.5, 0.6) is 0 Å². The molecule has 0 aromatic carbocycles. The molecule has 0 amide bonds. The first kappa shape index (κ1) is 30.5. The number of nitrogens with zero attached hydrogens (tertiary/aromatic N) is 3. The van der Waals surface area contributed by atoms with Crippen LogP contribution in [0.2, 0.25) is 0 Å². The van der Waals surface area contributed by atoms with Crippen LogP contribution in [-0.2, 0) is 16.1 Å². The summed E-state index contributed by atoms with van der Waals surface area (Å²) in [7, 11) is 0.500. The number of carbonyl (C=O) groups is 1. The van der Waals surface area contributed by atoms with Gasteiger partial charge in [0.2, 0.25) is 0 Å². The molecule has 4 rings (SSSR count). The van der Waals surface area contributed by atoms with Crippen LogP contribution in [0.15, 0.2) is 82.7 Å². The van der Waals surface area contributed by atoms with E-state index in [1.54, 1.807) is 18.2 Å². The number of Topliss-reactive ketones (excluding diaryl/α,β-unsaturated/α-hetero) is 1. The van der Waals surface area contributed by atoms with E-state index in [4.69, 9.17) is 4.74 Å². The van der Waals surface area contributed by atoms with Crippen LogP contribution < -0.4 is 5.32 Å². The molecular formula is C28H26F6N4O2. The monoisotopic (exact) mass is 564 g/mol. The summed E-state index contributed by atoms with van der Waals surface area (Å²) >= 11 is 0. The minimum Gasteiger partial charge on any atom is -0.367 e. The number of carbonyl (C=O) groups excluding carboxylic acids is 1. The Morgan fingerprint density at radius 2 is 1.85 bits per heavy atom. The van der Waals surface area contributed by atoms with Gasteiger partial charge in [0.05, 0.1) is 36.4 Å². The van der Waals surface area contributed by atoms with Crippen molar-refractivity contribution in [3.05, 3.63) is 89.1 Å². The summed E-state index contributed by atoms with van der Waals surface area (Å²) in [6.07, 6.45) is 2.93. The molecule has 0 saturated carbocycles. The lowest BCUT2D eigenvalue weighted by molar-refractivity contribution is -0.121. The summed E-state index contributed by atoms with van der Waals surface area (Å²) in [4.78, 5) is 24.1. The summed E-state index contributed by atoms with van der Waals surface area (Å²) in [6, 6.07) is 4.65. The maximum atomic E-state index is 13.7. The lowest BCUT2D eigenvalue weighted by atomic mass is 10.0. The van der Waals surface area contributed by atoms with Gasteiger partial charge < -0.3 is 10.1 Å². The van der Waals surface area contributed by atoms with Crippen LogP contribution in [0.1, 0.15) is 31.2 Å². The summed E-state index contributed by atoms with van der Waals surface area (Å²) in [5.74, 6) is -0.188. The number of hydrogen-bond acceptors (Lipinski definition) is 6. The molecule has 0 saturated heterocycles. The van der Waals surface area contributed by atoms with Crippen LogP contribution in [0.25, 0.3) is 11.0 Å². The van der Waals surface area contributed by atoms with Crippen LogP contribution in [0.3, 0.4) is 0 Å². The van der Waals surface area contributed by atoms with Crippen molar-refractivity contribution in [1.29, 1.82) is 0 Å². The molecular weight excluding hydrogens is 538 g/mol. The maximum absolute atomic E-state index is 13.7. The molecule has 12 heteroatoms. The van der Waals surface area contributed by atoms with Crippen molar-refractivity contribution in [3.8, 4) is 0 Å². The number of alkyl halides is 6. The molecule has 2 aromatic rings. The SMILES string of the molecule is CC(=O)COCc1cc(NC2=CCC=C(C(F)F)C=C2)c2ccc(C3=NC=CCC=C3C(F)(F)F)nc2n1.CF. The Balaban J connectivity index is 0.00000216. The van der Waals surface area contributed by atoms with Crippen LogP contribution in [-0.4, -0.2) is 47.8 Å². The zero-order chi connectivity index (χ0) is 29.3. The number of ether oxygens (including phenoxy) is 1. The molecule has 0 spiro atoms. The Bertz CT molecular complexity index is 1420. The second kappa shape index (κ2) is 13.8. The highest BCUT2D eigenvalue weighted by Gasteiger charge is 2.38. The van der Waals surface area contributed by atoms with Crippen molar-refractivity contribution in [3.63, 3.8) is 0 Å². The van der Waals surface area contributed by atoms with Crippen LogP contribution in [0.4, 0.5) is 32.0 Å². The topological polar surface area (TPSA) is 76.5 Å². The number of aliphatic imine (C=N–C) groups is 1. The molecule has 0 fully saturated rings. The Hall–Kier alpha value is -4.06. The van der Waals surface area contributed by atoms with E-state index in [0.29, 0.717) is 29.6 Å². The summed E-state index contributed by atoms with van der Waals surface area (Å²) in [5.41, 5.74) is 0.153. The summed E-state index contributed by atoms with van der Waals surface area (Å²) < 4.78 is 82.3. The second-order valence-corrected chi connectivity index (χ2v) is 8.50. The van der Waals surface area contributed by atoms with Gasteiger partial charge in [-0.1, -0.05) is 30.4 Å². The maximum Gasteiger partial charge on any atom is 0.418 e. The average molecular weight is 565 g/mol. The predicted molar refractivity (Wildman–Crippen MR) is 141 cm³/mol. The lowest BCUT2D eigenvalue weighted by Crippen LogP contribution is -2.21. The molecule has 1 aliphatic heterocycles. The summed E-state index contributed by atoms with van der Waals surface area (Å²) in [6.45, 7) is 1.17. The first-order chi connectivity index (χ1) is 19.1. The average Bonchev–Trinajstić information content (AvgIpc) is 3.31. The van der Waals surface area contributed by atoms with E-state index in [1.165, 1.54) is 43.5 Å². The molecule has 212 valence electrons. The van der Waals surface area contributed by atoms with E-state index >= 15 is 0 Å². The Morgan fingerprint density at radius 1 is 1.07 bits per heavy atom. The number of nitrogens with one attached hydrogen (secondary N) is 1. The van der Waals surface area contributed by atoms with Crippen molar-refractivity contribution in [1.82, 2.24) is 9.97 Å². The highest BCUT2D eigenvalue weighted by Crippen LogP contribution is 2.32. The lowest BCUT2D eigenvalue weighted by Gasteiger charge is -2.15. The number of allylic oxidation sites excluding steroid dienone is 8. The van der Waals surface area contributed by atoms with Crippen LogP contribution >= 0.6 is 0 Å². The van der Waals surface area contributed by atoms with Gasteiger partial charge in [0.25, 0.3) is 6.43 Å². The van der Waals surface area contributed by atoms with Crippen molar-refractivity contribution in [2.45, 2.75) is 39.0 Å². The first-order valence-electron chi connectivity index (χ1n) is 12.0. The number of aromatic nitrogens is 2. The highest BCUT2D eigenvalue weighted by atomic mass is 19.4. The molecule has 2 aromatic heterocycles. The van der Waals surface area contributed by atoms with E-state index in [-0.39, 0.29) is 54.5 Å². The third-order valence-electron chi connectivity index (χ3n) is 5.53. The summed E-state index contributed by atoms with van der Waals surface area (Å²) in [5, 5.41) is 3.64. The predicted octanol–water partition coefficient (Wildman–Crippen LogP) is 6.96. The van der Waals surface area contributed by atoms with Gasteiger partial charge in [-0.2, -0.15) is 13.2 Å². The molecule has 0 atom stereocenters. The van der Waals surface area contributed by atoms with Crippen LogP contribution in [0, 0.1) is 0 Å². The zero-order valence-corrected chi connectivity index (χ0v) is 21.6. The van der Waals surface area contributed by atoms with Gasteiger partial charge in [-0.3, -0.25) is 14.2 Å². The zero-order valence-electron chi connectivity index (χ0n) is 21.6. The normalized spacial score (nSPS) is 15.3. The third-order valence-corrected chi connectivity index (χ3v) is 5.53. The van der Waals surface area contributed by atoms with E-state index in [1.807, 2.05) is 0 Å². The van der Waals surface area contributed by atoms with E-state index in [2.05, 4.69) is 20.3 Å². The fourth-order valence-electron chi connectivity index (χ4n) is 3.81. The Kier molecular flexibility index (Phi) is 10.5. The van der Waals surface area contributed by atoms with Gasteiger partial charge in [0.15, 0.2) is 11.4 Å². The molecule has 0 radical (unpaired) electrons. The minimum atomic E-state index is -4.63. The first-order valence-corrected chi connectivity index (χ1v) is 12.0. The van der Waals surface area contributed by atoms with Gasteiger partial charge in [-0.15, -0.1) is 0 Å². The largest absolute Gasteiger partial charge is 0.418 e. The van der Waals surface area contributed by atoms with E-state index in [0.717, 1.165) is 6.08 Å². The molecule has 0 bridgehead atoms. The van der Waals surface area contributed by atoms with Gasteiger partial charge >= 0.3 is 6.18 Å². The Labute approximate surface area is 226 Å². The number of anilines is 1. The molecule has 40 heavy (non-hydrogen) atoms. The minimum absolute atomic E-state index is 0.0211. The molecule has 1 N–H and O–H groups in total. The van der Waals surface area contributed by atoms with Crippen molar-refractivity contribution < 1.29 is 35.9 Å². The number of pyridine rings is 2. The Morgan fingerprint density at radius 3 is 2.55 bits per heavy atom. The molecule has 0 unspecified atom stereocenters. The van der Waals surface area contributed by atoms with Gasteiger partial charge in [0, 0.05) is 22.9 Å². The van der Waals surface area contributed by atoms with Gasteiger partial charge in [0.1, 0.15) is 12.3 Å². The molecule has 3 heterocycles. The van der Waals surface area contributed by atoms with Crippen molar-refractivity contribution in [2.24, 2.45) is 4.99 Å². The highest BCUT2D eigenvalue weighted by molar-refractivity contribution is 6.13. The fourth-order valence-corrected chi connectivity index (χ4v) is 3.81. The molecule has 6 nitrogen and oxygen atoms in total. The van der Waals surface area contributed by atoms with Crippen molar-refractivity contribution in [2.75, 3.05) is 19.1 Å². The smallest absolute Gasteiger partial charge is 0.367 e. The number of fused-ring (bicyclic) bond motifs is 1. The van der Waals surface area contributed by atoms with Crippen molar-refractivity contribution >= 4 is 28.2 Å². The number of halogens is 6. The number of ketones is 1. The molecule has 2 aliphatic rings. The number of hydrogen-bond donors (Lipinski definition) is 1. The number of rotatable bonds is 8. The second-order valence-electron chi connectivity index (χ2n) is 8.50. The quantitative estimate of drug-likeness (QED) is 0.351.